The van der Waals surface area contributed by atoms with Crippen LogP contribution in [0.3, 0.4) is 0 Å². The van der Waals surface area contributed by atoms with Crippen molar-refractivity contribution in [3.8, 4) is 6.07 Å². The second-order valence-electron chi connectivity index (χ2n) is 3.58. The van der Waals surface area contributed by atoms with Gasteiger partial charge in [0.15, 0.2) is 9.84 Å². The van der Waals surface area contributed by atoms with Gasteiger partial charge < -0.3 is 0 Å². The normalized spacial score (nSPS) is 13.1. The van der Waals surface area contributed by atoms with Crippen molar-refractivity contribution in [3.05, 3.63) is 29.8 Å². The molecular formula is C11H13NO2S. The number of aryl methyl sites for hydroxylation is 1. The van der Waals surface area contributed by atoms with Gasteiger partial charge in [-0.3, -0.25) is 0 Å². The van der Waals surface area contributed by atoms with Crippen molar-refractivity contribution in [2.75, 3.05) is 5.75 Å². The summed E-state index contributed by atoms with van der Waals surface area (Å²) in [6.45, 7) is 3.36. The van der Waals surface area contributed by atoms with E-state index in [2.05, 4.69) is 0 Å². The number of hydrogen-bond donors (Lipinski definition) is 0. The molecule has 0 bridgehead atoms. The van der Waals surface area contributed by atoms with E-state index >= 15 is 0 Å². The highest BCUT2D eigenvalue weighted by Crippen LogP contribution is 2.17. The maximum atomic E-state index is 11.9. The number of benzene rings is 1. The minimum absolute atomic E-state index is 0.117. The molecule has 0 fully saturated rings. The van der Waals surface area contributed by atoms with Crippen LogP contribution in [0.25, 0.3) is 0 Å². The van der Waals surface area contributed by atoms with Crippen molar-refractivity contribution in [1.29, 1.82) is 5.26 Å². The summed E-state index contributed by atoms with van der Waals surface area (Å²) < 4.78 is 23.7. The van der Waals surface area contributed by atoms with Crippen molar-refractivity contribution < 1.29 is 8.42 Å². The van der Waals surface area contributed by atoms with E-state index in [1.165, 1.54) is 0 Å². The molecule has 0 N–H and O–H groups in total. The second-order valence-corrected chi connectivity index (χ2v) is 5.58. The van der Waals surface area contributed by atoms with Gasteiger partial charge in [-0.2, -0.15) is 5.26 Å². The lowest BCUT2D eigenvalue weighted by Crippen LogP contribution is -2.13. The highest BCUT2D eigenvalue weighted by Gasteiger charge is 2.19. The van der Waals surface area contributed by atoms with Gasteiger partial charge in [0.25, 0.3) is 0 Å². The van der Waals surface area contributed by atoms with Gasteiger partial charge in [-0.15, -0.1) is 0 Å². The zero-order valence-corrected chi connectivity index (χ0v) is 9.58. The smallest absolute Gasteiger partial charge is 0.179 e. The zero-order chi connectivity index (χ0) is 11.5. The molecule has 0 aromatic heterocycles. The van der Waals surface area contributed by atoms with E-state index in [0.717, 1.165) is 5.56 Å². The molecule has 0 saturated heterocycles. The molecule has 1 aromatic rings. The molecule has 0 spiro atoms. The van der Waals surface area contributed by atoms with Gasteiger partial charge in [0.1, 0.15) is 0 Å². The SMILES string of the molecule is Cc1ccccc1S(=O)(=O)CC(C)C#N. The Morgan fingerprint density at radius 3 is 2.53 bits per heavy atom. The fourth-order valence-electron chi connectivity index (χ4n) is 1.36. The number of rotatable bonds is 3. The minimum atomic E-state index is -3.32. The van der Waals surface area contributed by atoms with Gasteiger partial charge in [-0.1, -0.05) is 18.2 Å². The average Bonchev–Trinajstić information content (AvgIpc) is 2.17. The van der Waals surface area contributed by atoms with Gasteiger partial charge in [-0.05, 0) is 25.5 Å². The minimum Gasteiger partial charge on any atom is -0.224 e. The maximum Gasteiger partial charge on any atom is 0.179 e. The largest absolute Gasteiger partial charge is 0.224 e. The number of sulfone groups is 1. The lowest BCUT2D eigenvalue weighted by molar-refractivity contribution is 0.588. The second kappa shape index (κ2) is 4.45. The summed E-state index contributed by atoms with van der Waals surface area (Å²) in [5, 5.41) is 8.60. The molecule has 0 amide bonds. The highest BCUT2D eigenvalue weighted by atomic mass is 32.2. The molecule has 4 heteroatoms. The predicted octanol–water partition coefficient (Wildman–Crippen LogP) is 1.93. The van der Waals surface area contributed by atoms with E-state index in [-0.39, 0.29) is 5.75 Å². The first kappa shape index (κ1) is 11.7. The number of nitriles is 1. The maximum absolute atomic E-state index is 11.9. The monoisotopic (exact) mass is 223 g/mol. The Kier molecular flexibility index (Phi) is 3.48. The van der Waals surface area contributed by atoms with Crippen LogP contribution in [-0.4, -0.2) is 14.2 Å². The summed E-state index contributed by atoms with van der Waals surface area (Å²) in [6, 6.07) is 8.75. The third-order valence-electron chi connectivity index (χ3n) is 2.12. The average molecular weight is 223 g/mol. The van der Waals surface area contributed by atoms with Crippen LogP contribution in [-0.2, 0) is 9.84 Å². The van der Waals surface area contributed by atoms with E-state index in [9.17, 15) is 8.42 Å². The Morgan fingerprint density at radius 2 is 2.00 bits per heavy atom. The molecule has 1 aromatic carbocycles. The summed E-state index contributed by atoms with van der Waals surface area (Å²) in [6.07, 6.45) is 0. The highest BCUT2D eigenvalue weighted by molar-refractivity contribution is 7.91. The topological polar surface area (TPSA) is 57.9 Å². The Bertz CT molecular complexity index is 486. The van der Waals surface area contributed by atoms with Gasteiger partial charge >= 0.3 is 0 Å². The molecule has 1 rings (SSSR count). The van der Waals surface area contributed by atoms with Gasteiger partial charge in [0.05, 0.1) is 22.6 Å². The predicted molar refractivity (Wildman–Crippen MR) is 58.0 cm³/mol. The van der Waals surface area contributed by atoms with Crippen LogP contribution in [0.4, 0.5) is 0 Å². The Morgan fingerprint density at radius 1 is 1.40 bits per heavy atom. The van der Waals surface area contributed by atoms with Gasteiger partial charge in [-0.25, -0.2) is 8.42 Å². The summed E-state index contributed by atoms with van der Waals surface area (Å²) >= 11 is 0. The van der Waals surface area contributed by atoms with Crippen molar-refractivity contribution in [1.82, 2.24) is 0 Å². The molecule has 1 unspecified atom stereocenters. The third kappa shape index (κ3) is 2.80. The summed E-state index contributed by atoms with van der Waals surface area (Å²) in [5.74, 6) is -0.594. The zero-order valence-electron chi connectivity index (χ0n) is 8.77. The Balaban J connectivity index is 3.09. The summed E-state index contributed by atoms with van der Waals surface area (Å²) in [7, 11) is -3.32. The quantitative estimate of drug-likeness (QED) is 0.786. The Labute approximate surface area is 90.3 Å². The first-order valence-electron chi connectivity index (χ1n) is 4.65. The van der Waals surface area contributed by atoms with Crippen LogP contribution >= 0.6 is 0 Å². The van der Waals surface area contributed by atoms with E-state index in [1.807, 2.05) is 6.07 Å². The fourth-order valence-corrected chi connectivity index (χ4v) is 3.12. The van der Waals surface area contributed by atoms with Crippen LogP contribution in [0.2, 0.25) is 0 Å². The molecule has 80 valence electrons. The van der Waals surface area contributed by atoms with E-state index in [1.54, 1.807) is 38.1 Å². The molecule has 0 aliphatic heterocycles. The summed E-state index contributed by atoms with van der Waals surface area (Å²) in [4.78, 5) is 0.326. The fraction of sp³-hybridized carbons (Fsp3) is 0.364. The molecular weight excluding hydrogens is 210 g/mol. The Hall–Kier alpha value is -1.34. The molecule has 0 saturated carbocycles. The van der Waals surface area contributed by atoms with Crippen molar-refractivity contribution in [2.45, 2.75) is 18.7 Å². The van der Waals surface area contributed by atoms with Gasteiger partial charge in [0, 0.05) is 0 Å². The first-order chi connectivity index (χ1) is 6.97. The van der Waals surface area contributed by atoms with Crippen LogP contribution in [0.1, 0.15) is 12.5 Å². The van der Waals surface area contributed by atoms with E-state index in [0.29, 0.717) is 4.90 Å². The first-order valence-corrected chi connectivity index (χ1v) is 6.30. The van der Waals surface area contributed by atoms with Crippen LogP contribution < -0.4 is 0 Å². The molecule has 0 aliphatic carbocycles. The number of hydrogen-bond acceptors (Lipinski definition) is 3. The van der Waals surface area contributed by atoms with E-state index < -0.39 is 15.8 Å². The van der Waals surface area contributed by atoms with Crippen LogP contribution in [0.5, 0.6) is 0 Å². The van der Waals surface area contributed by atoms with Crippen LogP contribution in [0.15, 0.2) is 29.2 Å². The standard InChI is InChI=1S/C11H13NO2S/c1-9(7-12)8-15(13,14)11-6-4-3-5-10(11)2/h3-6,9H,8H2,1-2H3. The molecule has 15 heavy (non-hydrogen) atoms. The third-order valence-corrected chi connectivity index (χ3v) is 4.19. The molecule has 3 nitrogen and oxygen atoms in total. The number of nitrogens with zero attached hydrogens (tertiary/aromatic N) is 1. The molecule has 0 heterocycles. The van der Waals surface area contributed by atoms with Gasteiger partial charge in [0.2, 0.25) is 0 Å². The van der Waals surface area contributed by atoms with Crippen LogP contribution in [0, 0.1) is 24.2 Å². The van der Waals surface area contributed by atoms with Crippen molar-refractivity contribution in [3.63, 3.8) is 0 Å². The van der Waals surface area contributed by atoms with Crippen molar-refractivity contribution in [2.24, 2.45) is 5.92 Å². The van der Waals surface area contributed by atoms with E-state index in [4.69, 9.17) is 5.26 Å². The molecule has 1 atom stereocenters. The molecule has 0 radical (unpaired) electrons. The molecule has 0 aliphatic rings. The van der Waals surface area contributed by atoms with Crippen molar-refractivity contribution >= 4 is 9.84 Å². The lowest BCUT2D eigenvalue weighted by atomic mass is 10.2. The lowest BCUT2D eigenvalue weighted by Gasteiger charge is -2.07. The summed E-state index contributed by atoms with van der Waals surface area (Å²) in [5.41, 5.74) is 0.725.